The number of amides is 1. The van der Waals surface area contributed by atoms with Crippen LogP contribution in [0, 0.1) is 0 Å². The van der Waals surface area contributed by atoms with Crippen LogP contribution >= 0.6 is 11.6 Å². The Hall–Kier alpha value is -2.99. The van der Waals surface area contributed by atoms with Crippen molar-refractivity contribution in [3.63, 3.8) is 0 Å². The molecule has 0 fully saturated rings. The quantitative estimate of drug-likeness (QED) is 0.761. The van der Waals surface area contributed by atoms with Gasteiger partial charge in [0.05, 0.1) is 25.4 Å². The Kier molecular flexibility index (Phi) is 4.86. The van der Waals surface area contributed by atoms with E-state index in [1.54, 1.807) is 48.0 Å². The first-order chi connectivity index (χ1) is 12.4. The number of benzene rings is 2. The molecule has 1 heterocycles. The topological polar surface area (TPSA) is 69.6 Å². The van der Waals surface area contributed by atoms with Crippen molar-refractivity contribution in [2.45, 2.75) is 0 Å². The minimum absolute atomic E-state index is 0.00661. The van der Waals surface area contributed by atoms with E-state index < -0.39 is 5.91 Å². The Morgan fingerprint density at radius 3 is 2.58 bits per heavy atom. The number of anilines is 1. The number of ether oxygens (including phenoxy) is 2. The number of aromatic nitrogens is 1. The summed E-state index contributed by atoms with van der Waals surface area (Å²) in [5, 5.41) is 3.52. The lowest BCUT2D eigenvalue weighted by Gasteiger charge is -2.13. The van der Waals surface area contributed by atoms with Gasteiger partial charge in [-0.2, -0.15) is 0 Å². The fourth-order valence-electron chi connectivity index (χ4n) is 2.73. The number of pyridine rings is 1. The molecule has 134 valence electrons. The lowest BCUT2D eigenvalue weighted by molar-refractivity contribution is 0.102. The average molecular weight is 373 g/mol. The molecule has 0 spiro atoms. The first-order valence-electron chi connectivity index (χ1n) is 7.77. The van der Waals surface area contributed by atoms with E-state index in [0.29, 0.717) is 33.1 Å². The lowest BCUT2D eigenvalue weighted by atomic mass is 10.1. The molecule has 6 nitrogen and oxygen atoms in total. The van der Waals surface area contributed by atoms with Crippen molar-refractivity contribution in [2.75, 3.05) is 19.5 Å². The molecule has 0 atom stereocenters. The number of hydrogen-bond acceptors (Lipinski definition) is 4. The van der Waals surface area contributed by atoms with Crippen LogP contribution in [0.1, 0.15) is 10.4 Å². The van der Waals surface area contributed by atoms with Crippen molar-refractivity contribution in [3.8, 4) is 11.5 Å². The van der Waals surface area contributed by atoms with Gasteiger partial charge in [-0.3, -0.25) is 9.59 Å². The van der Waals surface area contributed by atoms with E-state index in [-0.39, 0.29) is 11.0 Å². The maximum atomic E-state index is 12.8. The van der Waals surface area contributed by atoms with Gasteiger partial charge in [0.25, 0.3) is 5.91 Å². The third-order valence-electron chi connectivity index (χ3n) is 4.05. The van der Waals surface area contributed by atoms with Crippen molar-refractivity contribution in [2.24, 2.45) is 7.05 Å². The van der Waals surface area contributed by atoms with Gasteiger partial charge in [-0.25, -0.2) is 0 Å². The van der Waals surface area contributed by atoms with E-state index in [9.17, 15) is 9.59 Å². The maximum absolute atomic E-state index is 12.8. The molecule has 0 aliphatic carbocycles. The number of aryl methyl sites for hydroxylation is 1. The van der Waals surface area contributed by atoms with Crippen molar-refractivity contribution >= 4 is 34.1 Å². The van der Waals surface area contributed by atoms with Crippen LogP contribution in [0.15, 0.2) is 47.4 Å². The summed E-state index contributed by atoms with van der Waals surface area (Å²) < 4.78 is 12.1. The molecule has 0 bridgehead atoms. The highest BCUT2D eigenvalue weighted by molar-refractivity contribution is 6.31. The van der Waals surface area contributed by atoms with Gasteiger partial charge in [-0.05, 0) is 30.3 Å². The van der Waals surface area contributed by atoms with Crippen LogP contribution in [0.3, 0.4) is 0 Å². The van der Waals surface area contributed by atoms with Crippen LogP contribution in [0.25, 0.3) is 10.9 Å². The smallest absolute Gasteiger partial charge is 0.261 e. The molecule has 26 heavy (non-hydrogen) atoms. The van der Waals surface area contributed by atoms with Gasteiger partial charge in [0.15, 0.2) is 0 Å². The molecule has 2 aromatic carbocycles. The highest BCUT2D eigenvalue weighted by Gasteiger charge is 2.17. The molecule has 0 saturated heterocycles. The summed E-state index contributed by atoms with van der Waals surface area (Å²) >= 11 is 6.00. The molecule has 0 aliphatic rings. The van der Waals surface area contributed by atoms with Gasteiger partial charge < -0.3 is 19.4 Å². The number of hydrogen-bond donors (Lipinski definition) is 1. The Morgan fingerprint density at radius 2 is 1.88 bits per heavy atom. The second-order valence-corrected chi connectivity index (χ2v) is 6.10. The molecule has 1 aromatic heterocycles. The summed E-state index contributed by atoms with van der Waals surface area (Å²) in [7, 11) is 4.78. The molecule has 1 amide bonds. The molecule has 0 aliphatic heterocycles. The first-order valence-corrected chi connectivity index (χ1v) is 8.14. The highest BCUT2D eigenvalue weighted by atomic mass is 35.5. The molecular formula is C19H17ClN2O4. The molecular weight excluding hydrogens is 356 g/mol. The van der Waals surface area contributed by atoms with Gasteiger partial charge in [0, 0.05) is 29.7 Å². The van der Waals surface area contributed by atoms with E-state index >= 15 is 0 Å². The summed E-state index contributed by atoms with van der Waals surface area (Å²) in [6, 6.07) is 10.0. The summed E-state index contributed by atoms with van der Waals surface area (Å²) in [6.45, 7) is 0. The van der Waals surface area contributed by atoms with Gasteiger partial charge in [0.1, 0.15) is 17.1 Å². The predicted octanol–water partition coefficient (Wildman–Crippen LogP) is 3.46. The molecule has 0 saturated carbocycles. The van der Waals surface area contributed by atoms with Crippen LogP contribution in [0.5, 0.6) is 11.5 Å². The minimum Gasteiger partial charge on any atom is -0.497 e. The van der Waals surface area contributed by atoms with Crippen molar-refractivity contribution in [1.82, 2.24) is 4.57 Å². The summed E-state index contributed by atoms with van der Waals surface area (Å²) in [5.41, 5.74) is 0.715. The van der Waals surface area contributed by atoms with Gasteiger partial charge in [-0.1, -0.05) is 11.6 Å². The second-order valence-electron chi connectivity index (χ2n) is 5.66. The maximum Gasteiger partial charge on any atom is 0.261 e. The first kappa shape index (κ1) is 17.8. The Morgan fingerprint density at radius 1 is 1.12 bits per heavy atom. The van der Waals surface area contributed by atoms with Crippen LogP contribution in [0.2, 0.25) is 5.02 Å². The van der Waals surface area contributed by atoms with Gasteiger partial charge >= 0.3 is 0 Å². The number of rotatable bonds is 4. The monoisotopic (exact) mass is 372 g/mol. The molecule has 3 aromatic rings. The SMILES string of the molecule is COc1ccc(OC)c(NC(=O)c2cn(C)c3ccc(Cl)cc3c2=O)c1. The zero-order valence-corrected chi connectivity index (χ0v) is 15.3. The van der Waals surface area contributed by atoms with E-state index in [1.807, 2.05) is 0 Å². The highest BCUT2D eigenvalue weighted by Crippen LogP contribution is 2.29. The number of carbonyl (C=O) groups is 1. The zero-order chi connectivity index (χ0) is 18.8. The van der Waals surface area contributed by atoms with Crippen LogP contribution in [-0.2, 0) is 7.05 Å². The number of halogens is 1. The van der Waals surface area contributed by atoms with Crippen molar-refractivity contribution in [1.29, 1.82) is 0 Å². The fraction of sp³-hybridized carbons (Fsp3) is 0.158. The largest absolute Gasteiger partial charge is 0.497 e. The van der Waals surface area contributed by atoms with Crippen LogP contribution in [-0.4, -0.2) is 24.7 Å². The number of carbonyl (C=O) groups excluding carboxylic acids is 1. The van der Waals surface area contributed by atoms with Crippen LogP contribution in [0.4, 0.5) is 5.69 Å². The van der Waals surface area contributed by atoms with E-state index in [0.717, 1.165) is 0 Å². The number of nitrogens with zero attached hydrogens (tertiary/aromatic N) is 1. The number of nitrogens with one attached hydrogen (secondary N) is 1. The van der Waals surface area contributed by atoms with Gasteiger partial charge in [0.2, 0.25) is 5.43 Å². The molecule has 0 unspecified atom stereocenters. The van der Waals surface area contributed by atoms with Crippen LogP contribution < -0.4 is 20.2 Å². The van der Waals surface area contributed by atoms with E-state index in [1.165, 1.54) is 20.4 Å². The van der Waals surface area contributed by atoms with Gasteiger partial charge in [-0.15, -0.1) is 0 Å². The Bertz CT molecular complexity index is 1060. The summed E-state index contributed by atoms with van der Waals surface area (Å²) in [6.07, 6.45) is 1.50. The fourth-order valence-corrected chi connectivity index (χ4v) is 2.90. The van der Waals surface area contributed by atoms with Crippen molar-refractivity contribution < 1.29 is 14.3 Å². The molecule has 3 rings (SSSR count). The normalized spacial score (nSPS) is 10.6. The average Bonchev–Trinajstić information content (AvgIpc) is 2.64. The third-order valence-corrected chi connectivity index (χ3v) is 4.29. The lowest BCUT2D eigenvalue weighted by Crippen LogP contribution is -2.23. The summed E-state index contributed by atoms with van der Waals surface area (Å²) in [5.74, 6) is 0.470. The number of methoxy groups -OCH3 is 2. The predicted molar refractivity (Wildman–Crippen MR) is 102 cm³/mol. The second kappa shape index (κ2) is 7.09. The Labute approximate surface area is 154 Å². The standard InChI is InChI=1S/C19H17ClN2O4/c1-22-10-14(18(23)13-8-11(20)4-6-16(13)22)19(24)21-15-9-12(25-2)5-7-17(15)26-3/h4-10H,1-3H3,(H,21,24). The third kappa shape index (κ3) is 3.23. The zero-order valence-electron chi connectivity index (χ0n) is 14.5. The summed E-state index contributed by atoms with van der Waals surface area (Å²) in [4.78, 5) is 25.5. The van der Waals surface area contributed by atoms with Crippen molar-refractivity contribution in [3.05, 3.63) is 63.4 Å². The van der Waals surface area contributed by atoms with E-state index in [2.05, 4.69) is 5.32 Å². The number of fused-ring (bicyclic) bond motifs is 1. The molecule has 7 heteroatoms. The molecule has 0 radical (unpaired) electrons. The Balaban J connectivity index is 2.06. The minimum atomic E-state index is -0.543. The van der Waals surface area contributed by atoms with E-state index in [4.69, 9.17) is 21.1 Å². The molecule has 1 N–H and O–H groups in total.